The van der Waals surface area contributed by atoms with E-state index in [0.29, 0.717) is 17.8 Å². The van der Waals surface area contributed by atoms with Crippen molar-refractivity contribution in [2.24, 2.45) is 7.05 Å². The van der Waals surface area contributed by atoms with E-state index < -0.39 is 30.5 Å². The Kier molecular flexibility index (Phi) is 4.72. The Hall–Kier alpha value is -3.70. The fourth-order valence-corrected chi connectivity index (χ4v) is 4.11. The van der Waals surface area contributed by atoms with Crippen molar-refractivity contribution in [2.75, 3.05) is 6.54 Å². The minimum Gasteiger partial charge on any atom is -0.348 e. The number of H-pyrrole nitrogens is 1. The predicted molar refractivity (Wildman–Crippen MR) is 103 cm³/mol. The van der Waals surface area contributed by atoms with Gasteiger partial charge in [-0.1, -0.05) is 0 Å². The van der Waals surface area contributed by atoms with E-state index in [1.807, 2.05) is 0 Å². The van der Waals surface area contributed by atoms with E-state index in [2.05, 4.69) is 20.2 Å². The summed E-state index contributed by atoms with van der Waals surface area (Å²) in [6.07, 6.45) is -2.02. The van der Waals surface area contributed by atoms with Crippen LogP contribution in [0, 0.1) is 0 Å². The number of pyridine rings is 1. The second-order valence-electron chi connectivity index (χ2n) is 7.46. The van der Waals surface area contributed by atoms with Crippen LogP contribution in [-0.2, 0) is 13.5 Å². The molecule has 4 aromatic heterocycles. The Balaban J connectivity index is 1.62. The summed E-state index contributed by atoms with van der Waals surface area (Å²) in [4.78, 5) is 22.2. The molecule has 1 N–H and O–H groups in total. The zero-order valence-electron chi connectivity index (χ0n) is 16.7. The molecule has 1 atom stereocenters. The molecule has 32 heavy (non-hydrogen) atoms. The van der Waals surface area contributed by atoms with Crippen LogP contribution >= 0.6 is 0 Å². The summed E-state index contributed by atoms with van der Waals surface area (Å²) in [5.74, 6) is -0.531. The van der Waals surface area contributed by atoms with Gasteiger partial charge in [0.25, 0.3) is 18.8 Å². The molecular weight excluding hydrogens is 430 g/mol. The third-order valence-electron chi connectivity index (χ3n) is 5.60. The molecule has 12 heteroatoms. The van der Waals surface area contributed by atoms with Crippen molar-refractivity contribution >= 4 is 11.4 Å². The lowest BCUT2D eigenvalue weighted by Gasteiger charge is -2.33. The Morgan fingerprint density at radius 2 is 2.00 bits per heavy atom. The first-order valence-corrected chi connectivity index (χ1v) is 9.76. The number of fused-ring (bicyclic) bond motifs is 2. The number of aromatic nitrogens is 6. The fraction of sp³-hybridized carbons (Fsp3) is 0.300. The lowest BCUT2D eigenvalue weighted by atomic mass is 9.99. The first kappa shape index (κ1) is 20.2. The van der Waals surface area contributed by atoms with Gasteiger partial charge in [0.15, 0.2) is 0 Å². The van der Waals surface area contributed by atoms with Crippen molar-refractivity contribution in [2.45, 2.75) is 25.3 Å². The second-order valence-corrected chi connectivity index (χ2v) is 7.46. The highest BCUT2D eigenvalue weighted by Gasteiger charge is 2.37. The topological polar surface area (TPSA) is 84.1 Å². The van der Waals surface area contributed by atoms with Crippen molar-refractivity contribution in [3.8, 4) is 0 Å². The number of carbonyl (C=O) groups excluding carboxylic acids is 1. The van der Waals surface area contributed by atoms with Crippen LogP contribution < -0.4 is 0 Å². The highest BCUT2D eigenvalue weighted by atomic mass is 19.3. The van der Waals surface area contributed by atoms with Crippen LogP contribution in [0.1, 0.15) is 57.7 Å². The molecule has 0 fully saturated rings. The van der Waals surface area contributed by atoms with Crippen LogP contribution in [0.15, 0.2) is 36.8 Å². The maximum Gasteiger partial charge on any atom is 0.282 e. The minimum absolute atomic E-state index is 0.0127. The van der Waals surface area contributed by atoms with Crippen LogP contribution in [-0.4, -0.2) is 46.7 Å². The van der Waals surface area contributed by atoms with E-state index in [-0.39, 0.29) is 23.3 Å². The Bertz CT molecular complexity index is 1310. The molecule has 0 bridgehead atoms. The van der Waals surface area contributed by atoms with E-state index in [1.54, 1.807) is 6.20 Å². The summed E-state index contributed by atoms with van der Waals surface area (Å²) in [6.45, 7) is 0.253. The van der Waals surface area contributed by atoms with Gasteiger partial charge in [-0.25, -0.2) is 27.1 Å². The molecule has 0 aromatic carbocycles. The Labute approximate surface area is 178 Å². The van der Waals surface area contributed by atoms with Gasteiger partial charge in [0.1, 0.15) is 17.4 Å². The van der Waals surface area contributed by atoms with Gasteiger partial charge in [-0.3, -0.25) is 9.48 Å². The zero-order valence-corrected chi connectivity index (χ0v) is 16.7. The van der Waals surface area contributed by atoms with Gasteiger partial charge >= 0.3 is 0 Å². The summed E-state index contributed by atoms with van der Waals surface area (Å²) in [6, 6.07) is 4.56. The van der Waals surface area contributed by atoms with Gasteiger partial charge in [0.05, 0.1) is 23.2 Å². The van der Waals surface area contributed by atoms with E-state index in [4.69, 9.17) is 0 Å². The number of nitrogens with zero attached hydrogens (tertiary/aromatic N) is 6. The highest BCUT2D eigenvalue weighted by Crippen LogP contribution is 2.35. The molecule has 0 aliphatic carbocycles. The van der Waals surface area contributed by atoms with E-state index in [0.717, 1.165) is 16.4 Å². The number of rotatable bonds is 4. The third-order valence-corrected chi connectivity index (χ3v) is 5.60. The summed E-state index contributed by atoms with van der Waals surface area (Å²) >= 11 is 0. The van der Waals surface area contributed by atoms with Crippen molar-refractivity contribution in [3.63, 3.8) is 0 Å². The normalized spacial score (nSPS) is 16.3. The number of aryl methyl sites for hydroxylation is 1. The molecule has 0 saturated carbocycles. The molecule has 1 unspecified atom stereocenters. The molecule has 1 aliphatic heterocycles. The first-order chi connectivity index (χ1) is 15.3. The maximum atomic E-state index is 13.5. The molecule has 5 rings (SSSR count). The largest absolute Gasteiger partial charge is 0.348 e. The molecule has 1 aliphatic rings. The Morgan fingerprint density at radius 3 is 2.72 bits per heavy atom. The molecule has 8 nitrogen and oxygen atoms in total. The smallest absolute Gasteiger partial charge is 0.282 e. The van der Waals surface area contributed by atoms with Gasteiger partial charge in [0.2, 0.25) is 0 Å². The fourth-order valence-electron chi connectivity index (χ4n) is 4.11. The molecule has 0 radical (unpaired) electrons. The summed E-state index contributed by atoms with van der Waals surface area (Å²) < 4.78 is 55.6. The van der Waals surface area contributed by atoms with Gasteiger partial charge in [-0.05, 0) is 24.3 Å². The lowest BCUT2D eigenvalue weighted by Crippen LogP contribution is -2.41. The number of hydrogen-bond donors (Lipinski definition) is 1. The van der Waals surface area contributed by atoms with Gasteiger partial charge in [-0.15, -0.1) is 0 Å². The van der Waals surface area contributed by atoms with E-state index in [1.165, 1.54) is 41.0 Å². The summed E-state index contributed by atoms with van der Waals surface area (Å²) in [7, 11) is 1.41. The molecule has 0 spiro atoms. The van der Waals surface area contributed by atoms with Crippen LogP contribution in [0.5, 0.6) is 0 Å². The van der Waals surface area contributed by atoms with Crippen LogP contribution in [0.4, 0.5) is 17.6 Å². The van der Waals surface area contributed by atoms with Crippen LogP contribution in [0.3, 0.4) is 0 Å². The first-order valence-electron chi connectivity index (χ1n) is 9.76. The molecule has 4 aromatic rings. The quantitative estimate of drug-likeness (QED) is 0.486. The van der Waals surface area contributed by atoms with Crippen molar-refractivity contribution in [3.05, 3.63) is 70.8 Å². The van der Waals surface area contributed by atoms with Crippen molar-refractivity contribution in [1.82, 2.24) is 34.3 Å². The summed E-state index contributed by atoms with van der Waals surface area (Å²) in [5, 5.41) is 8.15. The Morgan fingerprint density at radius 1 is 1.19 bits per heavy atom. The van der Waals surface area contributed by atoms with Gasteiger partial charge < -0.3 is 9.88 Å². The van der Waals surface area contributed by atoms with Crippen molar-refractivity contribution < 1.29 is 22.4 Å². The highest BCUT2D eigenvalue weighted by molar-refractivity contribution is 5.93. The number of halogens is 4. The van der Waals surface area contributed by atoms with Gasteiger partial charge in [-0.2, -0.15) is 10.2 Å². The number of amides is 1. The lowest BCUT2D eigenvalue weighted by molar-refractivity contribution is 0.0675. The number of alkyl halides is 4. The number of aromatic amines is 1. The average molecular weight is 447 g/mol. The zero-order chi connectivity index (χ0) is 22.6. The monoisotopic (exact) mass is 447 g/mol. The van der Waals surface area contributed by atoms with Crippen molar-refractivity contribution in [1.29, 1.82) is 0 Å². The molecular formula is C20H17F4N7O. The van der Waals surface area contributed by atoms with Crippen LogP contribution in [0.25, 0.3) is 5.52 Å². The molecule has 166 valence electrons. The number of carbonyl (C=O) groups is 1. The minimum atomic E-state index is -2.82. The third kappa shape index (κ3) is 3.13. The second kappa shape index (κ2) is 7.46. The van der Waals surface area contributed by atoms with E-state index in [9.17, 15) is 22.4 Å². The number of imidazole rings is 1. The van der Waals surface area contributed by atoms with Crippen LogP contribution in [0.2, 0.25) is 0 Å². The van der Waals surface area contributed by atoms with E-state index >= 15 is 0 Å². The SMILES string of the molecule is Cn1nc(C(F)F)cc1C(=O)N1CCc2[nH]cnc2C1c1cc2c(C(F)F)cccn2n1. The maximum absolute atomic E-state index is 13.5. The molecule has 0 saturated heterocycles. The standard InChI is InChI=1S/C20H17F4N7O/c1-29-15(8-13(27-29)19(23)24)20(32)30-6-4-11-16(26-9-25-11)17(30)12-7-14-10(18(21)22)3-2-5-31(14)28-12/h2-3,5,7-9,17-19H,4,6H2,1H3,(H,25,26). The summed E-state index contributed by atoms with van der Waals surface area (Å²) in [5.41, 5.74) is 1.19. The molecule has 5 heterocycles. The number of nitrogens with one attached hydrogen (secondary N) is 1. The number of hydrogen-bond acceptors (Lipinski definition) is 4. The average Bonchev–Trinajstić information content (AvgIpc) is 3.49. The molecule has 1 amide bonds. The predicted octanol–water partition coefficient (Wildman–Crippen LogP) is 3.45. The van der Waals surface area contributed by atoms with Gasteiger partial charge in [0, 0.05) is 37.5 Å².